The molecular formula is C30H40O4. The molecule has 0 bridgehead atoms. The van der Waals surface area contributed by atoms with Crippen LogP contribution in [0.25, 0.3) is 0 Å². The highest BCUT2D eigenvalue weighted by atomic mass is 17.2. The van der Waals surface area contributed by atoms with Crippen molar-refractivity contribution >= 4 is 5.97 Å². The molecule has 2 aromatic carbocycles. The molecule has 0 heterocycles. The largest absolute Gasteiger partial charge is 0.426 e. The molecule has 2 aliphatic rings. The molecule has 4 nitrogen and oxygen atoms in total. The Balaban J connectivity index is 1.16. The maximum atomic E-state index is 12.4. The number of ether oxygens (including phenoxy) is 1. The summed E-state index contributed by atoms with van der Waals surface area (Å²) >= 11 is 0. The summed E-state index contributed by atoms with van der Waals surface area (Å²) in [6, 6.07) is 16.1. The smallest absolute Gasteiger partial charge is 0.314 e. The molecule has 0 radical (unpaired) electrons. The van der Waals surface area contributed by atoms with Crippen molar-refractivity contribution < 1.29 is 19.3 Å². The number of aryl methyl sites for hydroxylation is 2. The van der Waals surface area contributed by atoms with Gasteiger partial charge in [-0.25, -0.2) is 0 Å². The summed E-state index contributed by atoms with van der Waals surface area (Å²) in [6.45, 7) is 5.27. The van der Waals surface area contributed by atoms with Gasteiger partial charge in [-0.1, -0.05) is 51.0 Å². The van der Waals surface area contributed by atoms with Crippen LogP contribution in [-0.2, 0) is 22.5 Å². The van der Waals surface area contributed by atoms with E-state index >= 15 is 0 Å². The van der Waals surface area contributed by atoms with Crippen molar-refractivity contribution in [2.75, 3.05) is 6.61 Å². The highest BCUT2D eigenvalue weighted by Crippen LogP contribution is 2.30. The molecule has 0 N–H and O–H groups in total. The summed E-state index contributed by atoms with van der Waals surface area (Å²) in [6.07, 6.45) is 11.1. The zero-order valence-electron chi connectivity index (χ0n) is 20.8. The quantitative estimate of drug-likeness (QED) is 0.169. The second-order valence-corrected chi connectivity index (χ2v) is 10.7. The van der Waals surface area contributed by atoms with E-state index in [4.69, 9.17) is 14.5 Å². The van der Waals surface area contributed by atoms with E-state index in [-0.39, 0.29) is 11.9 Å². The number of carbonyl (C=O) groups is 1. The lowest BCUT2D eigenvalue weighted by Gasteiger charge is -2.25. The Hall–Kier alpha value is -2.33. The van der Waals surface area contributed by atoms with Crippen LogP contribution in [0.5, 0.6) is 11.5 Å². The molecule has 4 heteroatoms. The molecule has 0 unspecified atom stereocenters. The number of benzene rings is 2. The summed E-state index contributed by atoms with van der Waals surface area (Å²) < 4.78 is 5.63. The second kappa shape index (κ2) is 12.4. The molecule has 0 aliphatic heterocycles. The van der Waals surface area contributed by atoms with Crippen LogP contribution in [0.2, 0.25) is 0 Å². The molecule has 0 saturated heterocycles. The van der Waals surface area contributed by atoms with Gasteiger partial charge in [0, 0.05) is 0 Å². The monoisotopic (exact) mass is 464 g/mol. The normalized spacial score (nSPS) is 25.0. The Bertz CT molecular complexity index is 873. The maximum absolute atomic E-state index is 12.4. The lowest BCUT2D eigenvalue weighted by molar-refractivity contribution is -0.218. The van der Waals surface area contributed by atoms with E-state index in [0.717, 1.165) is 56.1 Å². The van der Waals surface area contributed by atoms with Gasteiger partial charge < -0.3 is 9.62 Å². The van der Waals surface area contributed by atoms with Crippen LogP contribution in [0.15, 0.2) is 48.5 Å². The fourth-order valence-electron chi connectivity index (χ4n) is 5.11. The number of hydrogen-bond donors (Lipinski definition) is 0. The molecule has 34 heavy (non-hydrogen) atoms. The summed E-state index contributed by atoms with van der Waals surface area (Å²) in [7, 11) is 0. The van der Waals surface area contributed by atoms with Crippen LogP contribution < -0.4 is 9.62 Å². The average Bonchev–Trinajstić information content (AvgIpc) is 2.86. The van der Waals surface area contributed by atoms with Crippen molar-refractivity contribution in [1.29, 1.82) is 0 Å². The van der Waals surface area contributed by atoms with Crippen molar-refractivity contribution in [2.24, 2.45) is 23.7 Å². The van der Waals surface area contributed by atoms with Crippen LogP contribution in [0.3, 0.4) is 0 Å². The van der Waals surface area contributed by atoms with Gasteiger partial charge in [-0.05, 0) is 105 Å². The van der Waals surface area contributed by atoms with Crippen LogP contribution in [0.1, 0.15) is 76.3 Å². The van der Waals surface area contributed by atoms with Crippen molar-refractivity contribution in [3.63, 3.8) is 0 Å². The molecule has 4 rings (SSSR count). The summed E-state index contributed by atoms with van der Waals surface area (Å²) in [5, 5.41) is 0. The number of hydrogen-bond acceptors (Lipinski definition) is 4. The fraction of sp³-hybridized carbons (Fsp3) is 0.567. The third-order valence-electron chi connectivity index (χ3n) is 7.71. The Morgan fingerprint density at radius 3 is 1.76 bits per heavy atom. The summed E-state index contributed by atoms with van der Waals surface area (Å²) in [4.78, 5) is 23.4. The van der Waals surface area contributed by atoms with E-state index in [1.165, 1.54) is 36.8 Å². The highest BCUT2D eigenvalue weighted by Gasteiger charge is 2.26. The van der Waals surface area contributed by atoms with E-state index in [0.29, 0.717) is 18.3 Å². The standard InChI is InChI=1S/C30H40O4/c1-22-3-7-26(8-4-22)21-32-34-29-19-13-25(14-20-29)10-9-24-11-17-28(18-12-24)33-30(31)27-15-5-23(2)6-16-27/h11-14,17-20,22-23,26-27H,3-10,15-16,21H2,1-2H3. The molecule has 0 atom stereocenters. The fourth-order valence-corrected chi connectivity index (χ4v) is 5.11. The van der Waals surface area contributed by atoms with Crippen molar-refractivity contribution in [3.8, 4) is 11.5 Å². The van der Waals surface area contributed by atoms with E-state index in [9.17, 15) is 4.79 Å². The number of esters is 1. The highest BCUT2D eigenvalue weighted by molar-refractivity contribution is 5.75. The second-order valence-electron chi connectivity index (χ2n) is 10.7. The van der Waals surface area contributed by atoms with Gasteiger partial charge in [0.05, 0.1) is 12.5 Å². The van der Waals surface area contributed by atoms with Crippen molar-refractivity contribution in [3.05, 3.63) is 59.7 Å². The summed E-state index contributed by atoms with van der Waals surface area (Å²) in [5.41, 5.74) is 2.49. The van der Waals surface area contributed by atoms with Gasteiger partial charge in [0.1, 0.15) is 5.75 Å². The first kappa shape index (κ1) is 24.8. The molecule has 184 valence electrons. The predicted molar refractivity (Wildman–Crippen MR) is 135 cm³/mol. The first-order valence-corrected chi connectivity index (χ1v) is 13.2. The van der Waals surface area contributed by atoms with E-state index in [1.54, 1.807) is 0 Å². The van der Waals surface area contributed by atoms with Gasteiger partial charge in [0.25, 0.3) is 0 Å². The first-order chi connectivity index (χ1) is 16.5. The van der Waals surface area contributed by atoms with Gasteiger partial charge in [-0.2, -0.15) is 4.89 Å². The predicted octanol–water partition coefficient (Wildman–Crippen LogP) is 7.34. The van der Waals surface area contributed by atoms with Crippen LogP contribution in [0, 0.1) is 23.7 Å². The molecule has 0 aromatic heterocycles. The molecule has 0 spiro atoms. The SMILES string of the molecule is CC1CCC(COOc2ccc(CCc3ccc(OC(=O)C4CCC(C)CC4)cc3)cc2)CC1. The minimum atomic E-state index is -0.0701. The lowest BCUT2D eigenvalue weighted by atomic mass is 9.83. The topological polar surface area (TPSA) is 44.8 Å². The van der Waals surface area contributed by atoms with Crippen LogP contribution >= 0.6 is 0 Å². The minimum Gasteiger partial charge on any atom is -0.426 e. The Morgan fingerprint density at radius 2 is 1.21 bits per heavy atom. The lowest BCUT2D eigenvalue weighted by Crippen LogP contribution is -2.24. The number of carbonyl (C=O) groups excluding carboxylic acids is 1. The first-order valence-electron chi connectivity index (χ1n) is 13.2. The van der Waals surface area contributed by atoms with E-state index < -0.39 is 0 Å². The van der Waals surface area contributed by atoms with Crippen LogP contribution in [-0.4, -0.2) is 12.6 Å². The van der Waals surface area contributed by atoms with Gasteiger partial charge in [0.2, 0.25) is 0 Å². The maximum Gasteiger partial charge on any atom is 0.314 e. The Kier molecular flexibility index (Phi) is 9.04. The molecule has 2 fully saturated rings. The van der Waals surface area contributed by atoms with Gasteiger partial charge >= 0.3 is 5.97 Å². The Labute approximate surface area is 204 Å². The third-order valence-corrected chi connectivity index (χ3v) is 7.71. The van der Waals surface area contributed by atoms with Crippen molar-refractivity contribution in [2.45, 2.75) is 78.1 Å². The van der Waals surface area contributed by atoms with E-state index in [1.807, 2.05) is 24.3 Å². The minimum absolute atomic E-state index is 0.0595. The van der Waals surface area contributed by atoms with Crippen LogP contribution in [0.4, 0.5) is 0 Å². The zero-order valence-corrected chi connectivity index (χ0v) is 20.8. The number of rotatable bonds is 9. The van der Waals surface area contributed by atoms with E-state index in [2.05, 4.69) is 38.1 Å². The zero-order chi connectivity index (χ0) is 23.8. The Morgan fingerprint density at radius 1 is 0.706 bits per heavy atom. The van der Waals surface area contributed by atoms with Gasteiger partial charge in [-0.3, -0.25) is 4.79 Å². The average molecular weight is 465 g/mol. The van der Waals surface area contributed by atoms with Crippen molar-refractivity contribution in [1.82, 2.24) is 0 Å². The molecule has 2 aromatic rings. The summed E-state index contributed by atoms with van der Waals surface area (Å²) in [5.74, 6) is 3.61. The molecule has 2 saturated carbocycles. The third kappa shape index (κ3) is 7.59. The molecule has 2 aliphatic carbocycles. The molecular weight excluding hydrogens is 424 g/mol. The molecule has 0 amide bonds. The van der Waals surface area contributed by atoms with Gasteiger partial charge in [-0.15, -0.1) is 0 Å². The van der Waals surface area contributed by atoms with Gasteiger partial charge in [0.15, 0.2) is 5.75 Å².